The van der Waals surface area contributed by atoms with Crippen LogP contribution in [0.1, 0.15) is 49.2 Å². The van der Waals surface area contributed by atoms with Gasteiger partial charge in [-0.2, -0.15) is 10.2 Å². The van der Waals surface area contributed by atoms with E-state index in [4.69, 9.17) is 4.98 Å². The maximum Gasteiger partial charge on any atom is 0.0931 e. The summed E-state index contributed by atoms with van der Waals surface area (Å²) in [7, 11) is 0. The van der Waals surface area contributed by atoms with Crippen LogP contribution in [-0.4, -0.2) is 43.4 Å². The SMILES string of the molecule is CCN(CC)Cc1[nH]nc2ccc3nc(-c4cn[nH]c4C)c4c(c3c12)CCCC4. The van der Waals surface area contributed by atoms with Gasteiger partial charge in [0.1, 0.15) is 0 Å². The molecule has 0 bridgehead atoms. The summed E-state index contributed by atoms with van der Waals surface area (Å²) in [5.41, 5.74) is 9.48. The maximum atomic E-state index is 5.17. The van der Waals surface area contributed by atoms with Crippen molar-refractivity contribution in [2.45, 2.75) is 53.0 Å². The normalized spacial score (nSPS) is 14.2. The van der Waals surface area contributed by atoms with E-state index >= 15 is 0 Å². The highest BCUT2D eigenvalue weighted by atomic mass is 15.2. The smallest absolute Gasteiger partial charge is 0.0931 e. The summed E-state index contributed by atoms with van der Waals surface area (Å²) in [6.45, 7) is 9.45. The number of aromatic amines is 2. The minimum atomic E-state index is 0.889. The third kappa shape index (κ3) is 2.94. The number of H-pyrrole nitrogens is 2. The number of aryl methyl sites for hydroxylation is 2. The summed E-state index contributed by atoms with van der Waals surface area (Å²) < 4.78 is 0. The van der Waals surface area contributed by atoms with E-state index in [0.29, 0.717) is 0 Å². The van der Waals surface area contributed by atoms with Crippen molar-refractivity contribution in [1.82, 2.24) is 30.3 Å². The van der Waals surface area contributed by atoms with Crippen molar-refractivity contribution < 1.29 is 0 Å². The zero-order valence-electron chi connectivity index (χ0n) is 17.5. The first-order valence-corrected chi connectivity index (χ1v) is 10.7. The predicted octanol–water partition coefficient (Wildman–Crippen LogP) is 4.53. The molecule has 0 saturated heterocycles. The topological polar surface area (TPSA) is 73.5 Å². The van der Waals surface area contributed by atoms with Crippen LogP contribution in [0.4, 0.5) is 0 Å². The van der Waals surface area contributed by atoms with Crippen LogP contribution < -0.4 is 0 Å². The van der Waals surface area contributed by atoms with Gasteiger partial charge in [-0.1, -0.05) is 13.8 Å². The first-order valence-electron chi connectivity index (χ1n) is 10.7. The molecule has 0 unspecified atom stereocenters. The molecule has 1 aliphatic carbocycles. The number of hydrogen-bond acceptors (Lipinski definition) is 4. The molecule has 0 radical (unpaired) electrons. The fraction of sp³-hybridized carbons (Fsp3) is 0.435. The molecule has 0 saturated carbocycles. The number of nitrogens with one attached hydrogen (secondary N) is 2. The van der Waals surface area contributed by atoms with Gasteiger partial charge in [-0.25, -0.2) is 4.98 Å². The van der Waals surface area contributed by atoms with Gasteiger partial charge in [0.2, 0.25) is 0 Å². The third-order valence-electron chi connectivity index (χ3n) is 6.42. The molecule has 4 aromatic rings. The van der Waals surface area contributed by atoms with Gasteiger partial charge in [0.05, 0.1) is 28.6 Å². The second-order valence-corrected chi connectivity index (χ2v) is 8.05. The molecule has 6 nitrogen and oxygen atoms in total. The van der Waals surface area contributed by atoms with Crippen molar-refractivity contribution in [3.63, 3.8) is 0 Å². The summed E-state index contributed by atoms with van der Waals surface area (Å²) in [6.07, 6.45) is 6.55. The van der Waals surface area contributed by atoms with E-state index in [0.717, 1.165) is 60.5 Å². The molecule has 2 N–H and O–H groups in total. The summed E-state index contributed by atoms with van der Waals surface area (Å²) in [6, 6.07) is 4.24. The van der Waals surface area contributed by atoms with Crippen LogP contribution >= 0.6 is 0 Å². The molecular weight excluding hydrogens is 360 g/mol. The van der Waals surface area contributed by atoms with Crippen molar-refractivity contribution in [2.75, 3.05) is 13.1 Å². The zero-order chi connectivity index (χ0) is 20.0. The Morgan fingerprint density at radius 3 is 2.45 bits per heavy atom. The van der Waals surface area contributed by atoms with Gasteiger partial charge < -0.3 is 0 Å². The van der Waals surface area contributed by atoms with Crippen LogP contribution in [0, 0.1) is 6.92 Å². The van der Waals surface area contributed by atoms with Crippen molar-refractivity contribution in [3.8, 4) is 11.3 Å². The lowest BCUT2D eigenvalue weighted by atomic mass is 9.85. The Balaban J connectivity index is 1.80. The second kappa shape index (κ2) is 7.26. The van der Waals surface area contributed by atoms with Gasteiger partial charge in [0.25, 0.3) is 0 Å². The molecule has 6 heteroatoms. The average Bonchev–Trinajstić information content (AvgIpc) is 3.37. The summed E-state index contributed by atoms with van der Waals surface area (Å²) >= 11 is 0. The van der Waals surface area contributed by atoms with E-state index in [2.05, 4.69) is 58.2 Å². The van der Waals surface area contributed by atoms with Crippen LogP contribution in [0.5, 0.6) is 0 Å². The number of nitrogens with zero attached hydrogens (tertiary/aromatic N) is 4. The lowest BCUT2D eigenvalue weighted by Gasteiger charge is -2.22. The van der Waals surface area contributed by atoms with Gasteiger partial charge in [-0.05, 0) is 69.0 Å². The molecule has 1 aromatic carbocycles. The molecule has 0 amide bonds. The first-order chi connectivity index (χ1) is 14.2. The van der Waals surface area contributed by atoms with E-state index < -0.39 is 0 Å². The van der Waals surface area contributed by atoms with Crippen molar-refractivity contribution in [1.29, 1.82) is 0 Å². The summed E-state index contributed by atoms with van der Waals surface area (Å²) in [4.78, 5) is 7.59. The minimum absolute atomic E-state index is 0.889. The molecule has 0 aliphatic heterocycles. The summed E-state index contributed by atoms with van der Waals surface area (Å²) in [5.74, 6) is 0. The monoisotopic (exact) mass is 388 g/mol. The number of benzene rings is 1. The van der Waals surface area contributed by atoms with E-state index in [1.807, 2.05) is 6.20 Å². The quantitative estimate of drug-likeness (QED) is 0.527. The number of fused-ring (bicyclic) bond motifs is 5. The van der Waals surface area contributed by atoms with Crippen molar-refractivity contribution >= 4 is 21.8 Å². The number of rotatable bonds is 5. The fourth-order valence-corrected chi connectivity index (χ4v) is 4.79. The zero-order valence-corrected chi connectivity index (χ0v) is 17.5. The Bertz CT molecular complexity index is 1180. The highest BCUT2D eigenvalue weighted by molar-refractivity contribution is 6.09. The molecule has 0 fully saturated rings. The summed E-state index contributed by atoms with van der Waals surface area (Å²) in [5, 5.41) is 17.9. The number of aromatic nitrogens is 5. The van der Waals surface area contributed by atoms with Crippen LogP contribution in [0.3, 0.4) is 0 Å². The Morgan fingerprint density at radius 2 is 1.72 bits per heavy atom. The molecule has 3 heterocycles. The van der Waals surface area contributed by atoms with E-state index in [-0.39, 0.29) is 0 Å². The molecule has 0 spiro atoms. The minimum Gasteiger partial charge on any atom is -0.298 e. The Morgan fingerprint density at radius 1 is 0.966 bits per heavy atom. The molecule has 0 atom stereocenters. The van der Waals surface area contributed by atoms with E-state index in [1.54, 1.807) is 0 Å². The van der Waals surface area contributed by atoms with Crippen LogP contribution in [0.2, 0.25) is 0 Å². The van der Waals surface area contributed by atoms with Gasteiger partial charge in [0.15, 0.2) is 0 Å². The molecule has 150 valence electrons. The largest absolute Gasteiger partial charge is 0.298 e. The van der Waals surface area contributed by atoms with Crippen molar-refractivity contribution in [3.05, 3.63) is 40.8 Å². The Hall–Kier alpha value is -2.73. The van der Waals surface area contributed by atoms with Gasteiger partial charge in [-0.15, -0.1) is 0 Å². The Labute approximate surface area is 170 Å². The highest BCUT2D eigenvalue weighted by Gasteiger charge is 2.23. The molecule has 29 heavy (non-hydrogen) atoms. The lowest BCUT2D eigenvalue weighted by Crippen LogP contribution is -2.22. The third-order valence-corrected chi connectivity index (χ3v) is 6.42. The maximum absolute atomic E-state index is 5.17. The Kier molecular flexibility index (Phi) is 4.59. The van der Waals surface area contributed by atoms with Gasteiger partial charge in [-0.3, -0.25) is 15.1 Å². The fourth-order valence-electron chi connectivity index (χ4n) is 4.79. The van der Waals surface area contributed by atoms with Gasteiger partial charge >= 0.3 is 0 Å². The van der Waals surface area contributed by atoms with E-state index in [9.17, 15) is 0 Å². The van der Waals surface area contributed by atoms with E-state index in [1.165, 1.54) is 40.4 Å². The highest BCUT2D eigenvalue weighted by Crippen LogP contribution is 2.39. The van der Waals surface area contributed by atoms with Crippen LogP contribution in [0.25, 0.3) is 33.1 Å². The first kappa shape index (κ1) is 18.3. The molecule has 1 aliphatic rings. The molecular formula is C23H28N6. The molecule has 5 rings (SSSR count). The lowest BCUT2D eigenvalue weighted by molar-refractivity contribution is 0.293. The number of hydrogen-bond donors (Lipinski definition) is 2. The van der Waals surface area contributed by atoms with Crippen molar-refractivity contribution in [2.24, 2.45) is 0 Å². The predicted molar refractivity (Wildman–Crippen MR) is 117 cm³/mol. The van der Waals surface area contributed by atoms with Crippen LogP contribution in [-0.2, 0) is 19.4 Å². The van der Waals surface area contributed by atoms with Gasteiger partial charge in [0, 0.05) is 28.6 Å². The molecule has 3 aromatic heterocycles. The average molecular weight is 389 g/mol. The van der Waals surface area contributed by atoms with Crippen LogP contribution in [0.15, 0.2) is 18.3 Å². The second-order valence-electron chi connectivity index (χ2n) is 8.05. The number of pyridine rings is 1. The standard InChI is InChI=1S/C23H28N6/c1-4-29(5-2)13-20-22-19(27-28-20)11-10-18-21(22)15-8-6-7-9-16(15)23(25-18)17-12-24-26-14(17)3/h10-12H,4-9,13H2,1-3H3,(H,24,26)(H,27,28).